The molecule has 1 aromatic heterocycles. The van der Waals surface area contributed by atoms with Crippen molar-refractivity contribution < 1.29 is 5.11 Å². The van der Waals surface area contributed by atoms with Crippen LogP contribution < -0.4 is 0 Å². The third kappa shape index (κ3) is 1.80. The largest absolute Gasteiger partial charge is 0.506 e. The van der Waals surface area contributed by atoms with Gasteiger partial charge in [0, 0.05) is 5.39 Å². The van der Waals surface area contributed by atoms with Gasteiger partial charge in [0.2, 0.25) is 0 Å². The average molecular weight is 239 g/mol. The molecular weight excluding hydrogens is 230 g/mol. The minimum absolute atomic E-state index is 0.0737. The van der Waals surface area contributed by atoms with Crippen LogP contribution in [-0.2, 0) is 0 Å². The van der Waals surface area contributed by atoms with Gasteiger partial charge in [0.25, 0.3) is 0 Å². The lowest BCUT2D eigenvalue weighted by molar-refractivity contribution is 0.476. The minimum Gasteiger partial charge on any atom is -0.506 e. The third-order valence-corrected chi connectivity index (χ3v) is 2.51. The molecule has 6 heteroatoms. The van der Waals surface area contributed by atoms with Crippen LogP contribution in [0.1, 0.15) is 0 Å². The predicted octanol–water partition coefficient (Wildman–Crippen LogP) is 2.68. The van der Waals surface area contributed by atoms with E-state index in [2.05, 4.69) is 20.5 Å². The first-order valence-electron chi connectivity index (χ1n) is 5.33. The summed E-state index contributed by atoms with van der Waals surface area (Å²) in [6, 6.07) is 11.0. The van der Waals surface area contributed by atoms with Gasteiger partial charge in [-0.05, 0) is 21.6 Å². The fourth-order valence-electron chi connectivity index (χ4n) is 1.69. The molecule has 0 amide bonds. The average Bonchev–Trinajstić information content (AvgIpc) is 2.91. The van der Waals surface area contributed by atoms with Crippen molar-refractivity contribution in [2.75, 3.05) is 0 Å². The topological polar surface area (TPSA) is 75.7 Å². The van der Waals surface area contributed by atoms with Crippen LogP contribution in [0.25, 0.3) is 10.8 Å². The van der Waals surface area contributed by atoms with E-state index in [4.69, 9.17) is 0 Å². The highest BCUT2D eigenvalue weighted by Gasteiger charge is 2.05. The van der Waals surface area contributed by atoms with E-state index in [-0.39, 0.29) is 5.75 Å². The summed E-state index contributed by atoms with van der Waals surface area (Å²) >= 11 is 0. The van der Waals surface area contributed by atoms with Crippen molar-refractivity contribution in [2.24, 2.45) is 10.3 Å². The van der Waals surface area contributed by atoms with Gasteiger partial charge in [0.05, 0.1) is 12.4 Å². The maximum Gasteiger partial charge on any atom is 0.143 e. The van der Waals surface area contributed by atoms with Crippen LogP contribution >= 0.6 is 0 Å². The van der Waals surface area contributed by atoms with E-state index in [0.29, 0.717) is 5.69 Å². The molecule has 0 unspecified atom stereocenters. The maximum absolute atomic E-state index is 9.83. The summed E-state index contributed by atoms with van der Waals surface area (Å²) in [6.07, 6.45) is 3.00. The second-order valence-electron chi connectivity index (χ2n) is 3.64. The molecule has 0 aliphatic heterocycles. The Morgan fingerprint density at radius 3 is 2.61 bits per heavy atom. The third-order valence-electron chi connectivity index (χ3n) is 2.51. The number of aromatic nitrogens is 3. The van der Waals surface area contributed by atoms with Crippen molar-refractivity contribution in [3.8, 4) is 5.75 Å². The van der Waals surface area contributed by atoms with Gasteiger partial charge in [-0.3, -0.25) is 0 Å². The molecule has 0 aliphatic carbocycles. The number of phenolic OH excluding ortho intramolecular Hbond substituents is 1. The maximum atomic E-state index is 9.83. The molecule has 3 aromatic rings. The number of phenols is 1. The molecule has 3 rings (SSSR count). The molecule has 0 fully saturated rings. The van der Waals surface area contributed by atoms with Crippen LogP contribution in [0, 0.1) is 0 Å². The van der Waals surface area contributed by atoms with Crippen LogP contribution in [0.3, 0.4) is 0 Å². The van der Waals surface area contributed by atoms with Crippen LogP contribution in [0.2, 0.25) is 0 Å². The van der Waals surface area contributed by atoms with Gasteiger partial charge in [-0.25, -0.2) is 0 Å². The van der Waals surface area contributed by atoms with E-state index < -0.39 is 0 Å². The Balaban J connectivity index is 2.13. The summed E-state index contributed by atoms with van der Waals surface area (Å²) in [4.78, 5) is 1.08. The van der Waals surface area contributed by atoms with E-state index in [1.165, 1.54) is 12.4 Å². The minimum atomic E-state index is 0.0737. The number of hydrogen-bond donors (Lipinski definition) is 1. The highest BCUT2D eigenvalue weighted by atomic mass is 16.3. The Kier molecular flexibility index (Phi) is 2.45. The fraction of sp³-hybridized carbons (Fsp3) is 0. The number of fused-ring (bicyclic) bond motifs is 1. The molecule has 0 aliphatic rings. The number of rotatable bonds is 2. The van der Waals surface area contributed by atoms with Crippen molar-refractivity contribution in [3.05, 3.63) is 48.8 Å². The predicted molar refractivity (Wildman–Crippen MR) is 65.5 cm³/mol. The molecule has 6 nitrogen and oxygen atoms in total. The van der Waals surface area contributed by atoms with Crippen molar-refractivity contribution in [3.63, 3.8) is 0 Å². The molecule has 1 heterocycles. The zero-order valence-electron chi connectivity index (χ0n) is 9.30. The van der Waals surface area contributed by atoms with Crippen LogP contribution in [0.4, 0.5) is 5.69 Å². The lowest BCUT2D eigenvalue weighted by Crippen LogP contribution is -1.90. The molecule has 18 heavy (non-hydrogen) atoms. The van der Waals surface area contributed by atoms with Gasteiger partial charge >= 0.3 is 0 Å². The Hall–Kier alpha value is -2.76. The van der Waals surface area contributed by atoms with Gasteiger partial charge in [0.15, 0.2) is 0 Å². The molecule has 2 aromatic carbocycles. The lowest BCUT2D eigenvalue weighted by Gasteiger charge is -2.02. The van der Waals surface area contributed by atoms with Crippen molar-refractivity contribution in [2.45, 2.75) is 0 Å². The molecule has 0 saturated carbocycles. The molecule has 88 valence electrons. The molecule has 0 radical (unpaired) electrons. The number of benzene rings is 2. The van der Waals surface area contributed by atoms with Gasteiger partial charge in [-0.2, -0.15) is 0 Å². The second kappa shape index (κ2) is 4.25. The number of aromatic hydroxyl groups is 1. The van der Waals surface area contributed by atoms with Crippen LogP contribution in [0.5, 0.6) is 5.75 Å². The van der Waals surface area contributed by atoms with E-state index in [1.54, 1.807) is 6.07 Å². The summed E-state index contributed by atoms with van der Waals surface area (Å²) in [5, 5.41) is 27.0. The smallest absolute Gasteiger partial charge is 0.143 e. The summed E-state index contributed by atoms with van der Waals surface area (Å²) in [6.45, 7) is 0. The normalized spacial score (nSPS) is 11.3. The van der Waals surface area contributed by atoms with E-state index in [0.717, 1.165) is 15.7 Å². The quantitative estimate of drug-likeness (QED) is 0.698. The Morgan fingerprint density at radius 2 is 1.78 bits per heavy atom. The zero-order chi connectivity index (χ0) is 12.4. The highest BCUT2D eigenvalue weighted by molar-refractivity contribution is 5.95. The molecule has 0 bridgehead atoms. The van der Waals surface area contributed by atoms with E-state index in [1.807, 2.05) is 30.3 Å². The fourth-order valence-corrected chi connectivity index (χ4v) is 1.69. The lowest BCUT2D eigenvalue weighted by atomic mass is 10.1. The van der Waals surface area contributed by atoms with E-state index >= 15 is 0 Å². The molecular formula is C12H9N5O. The Labute approximate surface area is 102 Å². The first-order valence-corrected chi connectivity index (χ1v) is 5.33. The molecule has 0 spiro atoms. The first kappa shape index (κ1) is 10.4. The van der Waals surface area contributed by atoms with Crippen LogP contribution in [0.15, 0.2) is 59.1 Å². The molecule has 1 N–H and O–H groups in total. The van der Waals surface area contributed by atoms with Gasteiger partial charge in [0.1, 0.15) is 11.4 Å². The Morgan fingerprint density at radius 1 is 1.00 bits per heavy atom. The van der Waals surface area contributed by atoms with Crippen molar-refractivity contribution in [1.82, 2.24) is 15.1 Å². The standard InChI is InChI=1S/C12H9N5O/c18-11-6-5-9-3-1-2-4-10(9)12(11)15-16-17-13-7-8-14-17/h1-8,18H. The highest BCUT2D eigenvalue weighted by Crippen LogP contribution is 2.34. The summed E-state index contributed by atoms with van der Waals surface area (Å²) in [5.41, 5.74) is 0.408. The van der Waals surface area contributed by atoms with E-state index in [9.17, 15) is 5.11 Å². The molecule has 0 saturated heterocycles. The van der Waals surface area contributed by atoms with Gasteiger partial charge in [-0.15, -0.1) is 15.3 Å². The SMILES string of the molecule is Oc1ccc2ccccc2c1N=Nn1nccn1. The summed E-state index contributed by atoms with van der Waals surface area (Å²) < 4.78 is 0. The summed E-state index contributed by atoms with van der Waals surface area (Å²) in [7, 11) is 0. The first-order chi connectivity index (χ1) is 8.84. The number of hydrogen-bond acceptors (Lipinski definition) is 5. The zero-order valence-corrected chi connectivity index (χ0v) is 9.30. The van der Waals surface area contributed by atoms with Crippen molar-refractivity contribution in [1.29, 1.82) is 0 Å². The monoisotopic (exact) mass is 239 g/mol. The number of nitrogens with zero attached hydrogens (tertiary/aromatic N) is 5. The van der Waals surface area contributed by atoms with Gasteiger partial charge in [-0.1, -0.05) is 30.3 Å². The Bertz CT molecular complexity index is 706. The van der Waals surface area contributed by atoms with Crippen LogP contribution in [-0.4, -0.2) is 20.2 Å². The summed E-state index contributed by atoms with van der Waals surface area (Å²) in [5.74, 6) is 0.0737. The second-order valence-corrected chi connectivity index (χ2v) is 3.64. The van der Waals surface area contributed by atoms with Crippen molar-refractivity contribution >= 4 is 16.5 Å². The molecule has 0 atom stereocenters. The van der Waals surface area contributed by atoms with Gasteiger partial charge < -0.3 is 5.11 Å².